The van der Waals surface area contributed by atoms with Crippen LogP contribution in [0.1, 0.15) is 30.9 Å². The molecule has 39 heavy (non-hydrogen) atoms. The van der Waals surface area contributed by atoms with Crippen LogP contribution >= 0.6 is 11.6 Å². The maximum Gasteiger partial charge on any atom is 0.429 e. The fourth-order valence-corrected chi connectivity index (χ4v) is 5.32. The molecule has 0 saturated carbocycles. The second-order valence-corrected chi connectivity index (χ2v) is 10.2. The van der Waals surface area contributed by atoms with E-state index < -0.39 is 24.3 Å². The van der Waals surface area contributed by atoms with Gasteiger partial charge in [-0.1, -0.05) is 17.7 Å². The summed E-state index contributed by atoms with van der Waals surface area (Å²) in [6, 6.07) is 6.21. The number of carboxylic acid groups (broad SMARTS) is 1. The Bertz CT molecular complexity index is 1350. The van der Waals surface area contributed by atoms with Gasteiger partial charge in [-0.25, -0.2) is 9.97 Å². The Morgan fingerprint density at radius 2 is 1.92 bits per heavy atom. The number of halogens is 4. The Balaban J connectivity index is 1.40. The quantitative estimate of drug-likeness (QED) is 0.405. The summed E-state index contributed by atoms with van der Waals surface area (Å²) in [6.07, 6.45) is -2.50. The standard InChI is InChI=1S/C25H25ClF3N7O3/c26-14-2-3-15(16(10-14)21-31-6-1-7-32-21)20(25(27,28)29)39-19-11-18(34-23(30)35-19)36-8-4-24(5-9-36)12-17(22(37)38)33-13-24/h1-3,6-7,10-11,17,20,33H,4-5,8-9,12-13H2,(H,37,38)(H2,30,34,35)/t17-,20+/m0/s1. The van der Waals surface area contributed by atoms with Gasteiger partial charge in [0.05, 0.1) is 0 Å². The van der Waals surface area contributed by atoms with Crippen LogP contribution in [0.4, 0.5) is 24.9 Å². The monoisotopic (exact) mass is 563 g/mol. The highest BCUT2D eigenvalue weighted by Gasteiger charge is 2.46. The summed E-state index contributed by atoms with van der Waals surface area (Å²) in [6.45, 7) is 1.65. The number of rotatable bonds is 6. The number of alkyl halides is 3. The fraction of sp³-hybridized carbons (Fsp3) is 0.400. The highest BCUT2D eigenvalue weighted by Crippen LogP contribution is 2.43. The van der Waals surface area contributed by atoms with E-state index in [0.29, 0.717) is 44.7 Å². The van der Waals surface area contributed by atoms with Gasteiger partial charge in [0.1, 0.15) is 11.9 Å². The Hall–Kier alpha value is -3.71. The molecule has 206 valence electrons. The minimum Gasteiger partial charge on any atom is -0.480 e. The molecule has 5 rings (SSSR count). The molecule has 1 aromatic carbocycles. The van der Waals surface area contributed by atoms with Crippen LogP contribution in [-0.4, -0.2) is 62.9 Å². The molecule has 4 heterocycles. The van der Waals surface area contributed by atoms with Gasteiger partial charge in [0.25, 0.3) is 0 Å². The lowest BCUT2D eigenvalue weighted by Crippen LogP contribution is -2.41. The molecule has 10 nitrogen and oxygen atoms in total. The number of hydrogen-bond acceptors (Lipinski definition) is 9. The minimum atomic E-state index is -4.83. The SMILES string of the molecule is Nc1nc(O[C@H](c2ccc(Cl)cc2-c2ncccn2)C(F)(F)F)cc(N2CCC3(CC2)CN[C@H](C(=O)O)C3)n1. The molecule has 2 fully saturated rings. The number of carboxylic acids is 1. The lowest BCUT2D eigenvalue weighted by molar-refractivity contribution is -0.198. The number of aromatic nitrogens is 4. The highest BCUT2D eigenvalue weighted by molar-refractivity contribution is 6.30. The molecule has 2 aromatic heterocycles. The van der Waals surface area contributed by atoms with E-state index in [1.807, 2.05) is 4.90 Å². The van der Waals surface area contributed by atoms with Crippen LogP contribution in [0.15, 0.2) is 42.7 Å². The number of hydrogen-bond donors (Lipinski definition) is 3. The zero-order valence-electron chi connectivity index (χ0n) is 20.5. The molecule has 0 unspecified atom stereocenters. The maximum atomic E-state index is 14.4. The number of nitrogens with one attached hydrogen (secondary N) is 1. The van der Waals surface area contributed by atoms with Crippen molar-refractivity contribution in [1.82, 2.24) is 25.3 Å². The molecule has 14 heteroatoms. The van der Waals surface area contributed by atoms with Crippen molar-refractivity contribution in [3.63, 3.8) is 0 Å². The van der Waals surface area contributed by atoms with Crippen molar-refractivity contribution in [3.8, 4) is 17.3 Å². The predicted molar refractivity (Wildman–Crippen MR) is 136 cm³/mol. The van der Waals surface area contributed by atoms with E-state index in [4.69, 9.17) is 22.1 Å². The summed E-state index contributed by atoms with van der Waals surface area (Å²) < 4.78 is 48.6. The first-order chi connectivity index (χ1) is 18.5. The van der Waals surface area contributed by atoms with E-state index in [-0.39, 0.29) is 39.2 Å². The molecule has 2 aliphatic heterocycles. The van der Waals surface area contributed by atoms with Crippen LogP contribution in [0.3, 0.4) is 0 Å². The van der Waals surface area contributed by atoms with Crippen LogP contribution in [0.2, 0.25) is 5.02 Å². The third-order valence-electron chi connectivity index (χ3n) is 7.15. The molecular formula is C25H25ClF3N7O3. The maximum absolute atomic E-state index is 14.4. The van der Waals surface area contributed by atoms with Crippen molar-refractivity contribution in [3.05, 3.63) is 53.3 Å². The number of ether oxygens (including phenoxy) is 1. The van der Waals surface area contributed by atoms with E-state index in [9.17, 15) is 23.1 Å². The summed E-state index contributed by atoms with van der Waals surface area (Å²) in [4.78, 5) is 29.5. The van der Waals surface area contributed by atoms with E-state index in [0.717, 1.165) is 0 Å². The Morgan fingerprint density at radius 1 is 1.21 bits per heavy atom. The molecule has 2 aliphatic rings. The van der Waals surface area contributed by atoms with Gasteiger partial charge < -0.3 is 25.8 Å². The molecular weight excluding hydrogens is 539 g/mol. The van der Waals surface area contributed by atoms with E-state index >= 15 is 0 Å². The van der Waals surface area contributed by atoms with Gasteiger partial charge in [-0.15, -0.1) is 0 Å². The lowest BCUT2D eigenvalue weighted by Gasteiger charge is -2.39. The number of nitrogen functional groups attached to an aromatic ring is 1. The van der Waals surface area contributed by atoms with Crippen molar-refractivity contribution in [2.24, 2.45) is 5.41 Å². The Labute approximate surface area is 226 Å². The van der Waals surface area contributed by atoms with Crippen LogP contribution in [0.25, 0.3) is 11.4 Å². The molecule has 0 bridgehead atoms. The molecule has 2 atom stereocenters. The summed E-state index contributed by atoms with van der Waals surface area (Å²) in [5.74, 6) is -1.06. The van der Waals surface area contributed by atoms with Gasteiger partial charge in [0.15, 0.2) is 5.82 Å². The van der Waals surface area contributed by atoms with Gasteiger partial charge in [-0.05, 0) is 42.9 Å². The average molecular weight is 564 g/mol. The number of aliphatic carboxylic acids is 1. The number of nitrogens with two attached hydrogens (primary N) is 1. The smallest absolute Gasteiger partial charge is 0.429 e. The van der Waals surface area contributed by atoms with Crippen molar-refractivity contribution in [2.75, 3.05) is 30.3 Å². The van der Waals surface area contributed by atoms with Crippen molar-refractivity contribution in [1.29, 1.82) is 0 Å². The van der Waals surface area contributed by atoms with Gasteiger partial charge in [-0.3, -0.25) is 4.79 Å². The minimum absolute atomic E-state index is 0.0597. The number of anilines is 2. The molecule has 3 aromatic rings. The number of nitrogens with zero attached hydrogens (tertiary/aromatic N) is 5. The second-order valence-electron chi connectivity index (χ2n) is 9.73. The zero-order valence-corrected chi connectivity index (χ0v) is 21.3. The summed E-state index contributed by atoms with van der Waals surface area (Å²) in [5, 5.41) is 12.6. The molecule has 2 saturated heterocycles. The summed E-state index contributed by atoms with van der Waals surface area (Å²) in [7, 11) is 0. The van der Waals surface area contributed by atoms with Crippen molar-refractivity contribution in [2.45, 2.75) is 37.6 Å². The molecule has 0 amide bonds. The molecule has 1 spiro atoms. The van der Waals surface area contributed by atoms with Crippen LogP contribution in [0, 0.1) is 5.41 Å². The van der Waals surface area contributed by atoms with Crippen molar-refractivity contribution < 1.29 is 27.8 Å². The van der Waals surface area contributed by atoms with Gasteiger partial charge in [-0.2, -0.15) is 23.1 Å². The fourth-order valence-electron chi connectivity index (χ4n) is 5.15. The van der Waals surface area contributed by atoms with Gasteiger partial charge in [0.2, 0.25) is 17.9 Å². The molecule has 0 aliphatic carbocycles. The van der Waals surface area contributed by atoms with Crippen LogP contribution in [0.5, 0.6) is 5.88 Å². The average Bonchev–Trinajstić information content (AvgIpc) is 3.31. The molecule has 0 radical (unpaired) electrons. The summed E-state index contributed by atoms with van der Waals surface area (Å²) >= 11 is 6.09. The first kappa shape index (κ1) is 26.9. The first-order valence-corrected chi connectivity index (χ1v) is 12.6. The summed E-state index contributed by atoms with van der Waals surface area (Å²) in [5.41, 5.74) is 5.56. The van der Waals surface area contributed by atoms with E-state index in [1.54, 1.807) is 6.07 Å². The van der Waals surface area contributed by atoms with Gasteiger partial charge in [0, 0.05) is 54.2 Å². The third-order valence-corrected chi connectivity index (χ3v) is 7.39. The number of benzene rings is 1. The first-order valence-electron chi connectivity index (χ1n) is 12.2. The second kappa shape index (κ2) is 10.5. The van der Waals surface area contributed by atoms with Crippen molar-refractivity contribution >= 4 is 29.3 Å². The third kappa shape index (κ3) is 5.83. The van der Waals surface area contributed by atoms with E-state index in [1.165, 1.54) is 36.7 Å². The Kier molecular flexibility index (Phi) is 7.21. The van der Waals surface area contributed by atoms with Crippen LogP contribution in [-0.2, 0) is 4.79 Å². The molecule has 4 N–H and O–H groups in total. The topological polar surface area (TPSA) is 139 Å². The lowest BCUT2D eigenvalue weighted by atomic mass is 9.76. The van der Waals surface area contributed by atoms with Gasteiger partial charge >= 0.3 is 12.1 Å². The van der Waals surface area contributed by atoms with Crippen LogP contribution < -0.4 is 20.7 Å². The largest absolute Gasteiger partial charge is 0.480 e. The normalized spacial score (nSPS) is 19.7. The Morgan fingerprint density at radius 3 is 2.56 bits per heavy atom. The number of piperidine rings is 1. The zero-order chi connectivity index (χ0) is 27.8. The highest BCUT2D eigenvalue weighted by atomic mass is 35.5. The number of carbonyl (C=O) groups is 1. The van der Waals surface area contributed by atoms with E-state index in [2.05, 4.69) is 25.3 Å². The predicted octanol–water partition coefficient (Wildman–Crippen LogP) is 3.88.